The van der Waals surface area contributed by atoms with Crippen molar-refractivity contribution < 1.29 is 33.9 Å². The fourth-order valence-electron chi connectivity index (χ4n) is 6.33. The van der Waals surface area contributed by atoms with E-state index in [1.807, 2.05) is 12.1 Å². The van der Waals surface area contributed by atoms with Crippen LogP contribution in [0.4, 0.5) is 4.79 Å². The van der Waals surface area contributed by atoms with Crippen LogP contribution < -0.4 is 0 Å². The molecule has 0 radical (unpaired) electrons. The molecule has 37 heavy (non-hydrogen) atoms. The highest BCUT2D eigenvalue weighted by Crippen LogP contribution is 2.51. The Labute approximate surface area is 218 Å². The molecule has 2 fully saturated rings. The molecule has 2 N–H and O–H groups in total. The summed E-state index contributed by atoms with van der Waals surface area (Å²) >= 11 is 0. The molecule has 0 aromatic heterocycles. The summed E-state index contributed by atoms with van der Waals surface area (Å²) in [6.07, 6.45) is 6.25. The van der Waals surface area contributed by atoms with Gasteiger partial charge in [0, 0.05) is 0 Å². The SMILES string of the molecule is CCCC1=C2[C@@H](CC/C(=C/c3cccc(O)c3)CCC)OB(O)C[C@@H]2[C@@H]2C(=O)N(C(=O)OC)C(=O)[C@@H]2C1. The lowest BCUT2D eigenvalue weighted by Crippen LogP contribution is -2.46. The topological polar surface area (TPSA) is 113 Å². The lowest BCUT2D eigenvalue weighted by atomic mass is 9.58. The van der Waals surface area contributed by atoms with Crippen molar-refractivity contribution in [3.05, 3.63) is 46.5 Å². The van der Waals surface area contributed by atoms with Crippen LogP contribution in [0.5, 0.6) is 5.75 Å². The Morgan fingerprint density at radius 2 is 1.97 bits per heavy atom. The number of likely N-dealkylation sites (tertiary alicyclic amines) is 1. The molecule has 1 aromatic carbocycles. The molecule has 9 heteroatoms. The number of hydrogen-bond donors (Lipinski definition) is 2. The third-order valence-corrected chi connectivity index (χ3v) is 7.76. The van der Waals surface area contributed by atoms with E-state index in [9.17, 15) is 24.5 Å². The molecule has 2 heterocycles. The Kier molecular flexibility index (Phi) is 8.54. The van der Waals surface area contributed by atoms with Gasteiger partial charge < -0.3 is 19.5 Å². The number of rotatable bonds is 8. The number of carbonyl (C=O) groups excluding carboxylic acids is 3. The van der Waals surface area contributed by atoms with Crippen LogP contribution in [0.25, 0.3) is 6.08 Å². The van der Waals surface area contributed by atoms with Gasteiger partial charge in [0.2, 0.25) is 11.8 Å². The monoisotopic (exact) mass is 509 g/mol. The number of ether oxygens (including phenoxy) is 1. The van der Waals surface area contributed by atoms with E-state index in [2.05, 4.69) is 19.9 Å². The lowest BCUT2D eigenvalue weighted by molar-refractivity contribution is -0.137. The van der Waals surface area contributed by atoms with Gasteiger partial charge in [-0.1, -0.05) is 56.0 Å². The highest BCUT2D eigenvalue weighted by atomic mass is 16.5. The van der Waals surface area contributed by atoms with Crippen LogP contribution in [-0.4, -0.2) is 53.3 Å². The molecule has 2 saturated heterocycles. The van der Waals surface area contributed by atoms with Crippen molar-refractivity contribution in [3.8, 4) is 5.75 Å². The molecule has 3 aliphatic rings. The number of carbonyl (C=O) groups is 3. The molecule has 0 bridgehead atoms. The number of phenols is 1. The maximum Gasteiger partial charge on any atom is 0.455 e. The van der Waals surface area contributed by atoms with Gasteiger partial charge in [0.15, 0.2) is 0 Å². The zero-order valence-electron chi connectivity index (χ0n) is 21.8. The zero-order chi connectivity index (χ0) is 26.7. The van der Waals surface area contributed by atoms with Crippen LogP contribution in [-0.2, 0) is 19.0 Å². The Morgan fingerprint density at radius 1 is 1.19 bits per heavy atom. The van der Waals surface area contributed by atoms with E-state index in [4.69, 9.17) is 9.39 Å². The van der Waals surface area contributed by atoms with Crippen molar-refractivity contribution in [1.29, 1.82) is 0 Å². The highest BCUT2D eigenvalue weighted by molar-refractivity contribution is 6.43. The van der Waals surface area contributed by atoms with Crippen LogP contribution in [0.3, 0.4) is 0 Å². The Balaban J connectivity index is 1.63. The average Bonchev–Trinajstić information content (AvgIpc) is 3.11. The standard InChI is InChI=1S/C28H36BNO7/c1-4-7-17(13-18-9-6-10-20(31)14-18)11-12-23-24-19(8-5-2)15-21-25(22(24)16-29(35)37-23)27(33)30(26(21)32)28(34)36-3/h6,9-10,13-14,21-23,25,31,35H,4-5,7-8,11-12,15-16H2,1-3H3/b17-13+/t21-,22+,23-,25-/m1/s1. The number of hydrogen-bond acceptors (Lipinski definition) is 7. The van der Waals surface area contributed by atoms with Crippen molar-refractivity contribution >= 4 is 31.1 Å². The number of fused-ring (bicyclic) bond motifs is 3. The smallest absolute Gasteiger partial charge is 0.455 e. The minimum atomic E-state index is -1.06. The van der Waals surface area contributed by atoms with Crippen molar-refractivity contribution in [2.24, 2.45) is 17.8 Å². The molecule has 8 nitrogen and oxygen atoms in total. The van der Waals surface area contributed by atoms with Crippen molar-refractivity contribution in [3.63, 3.8) is 0 Å². The van der Waals surface area contributed by atoms with E-state index < -0.39 is 36.9 Å². The van der Waals surface area contributed by atoms with Crippen molar-refractivity contribution in [1.82, 2.24) is 4.90 Å². The molecule has 3 amide bonds. The van der Waals surface area contributed by atoms with E-state index in [0.717, 1.165) is 55.9 Å². The van der Waals surface area contributed by atoms with Crippen LogP contribution in [0.1, 0.15) is 64.4 Å². The predicted molar refractivity (Wildman–Crippen MR) is 139 cm³/mol. The summed E-state index contributed by atoms with van der Waals surface area (Å²) in [4.78, 5) is 39.3. The second-order valence-electron chi connectivity index (χ2n) is 10.2. The van der Waals surface area contributed by atoms with Crippen LogP contribution in [0.15, 0.2) is 41.0 Å². The van der Waals surface area contributed by atoms with E-state index in [-0.39, 0.29) is 24.1 Å². The maximum absolute atomic E-state index is 13.3. The highest BCUT2D eigenvalue weighted by Gasteiger charge is 2.59. The van der Waals surface area contributed by atoms with Gasteiger partial charge in [-0.2, -0.15) is 4.90 Å². The molecule has 2 aliphatic heterocycles. The van der Waals surface area contributed by atoms with Crippen molar-refractivity contribution in [2.45, 2.75) is 71.2 Å². The third kappa shape index (κ3) is 5.53. The number of aromatic hydroxyl groups is 1. The normalized spacial score (nSPS) is 25.9. The van der Waals surface area contributed by atoms with Crippen LogP contribution in [0.2, 0.25) is 6.32 Å². The summed E-state index contributed by atoms with van der Waals surface area (Å²) in [5.41, 5.74) is 4.26. The minimum absolute atomic E-state index is 0.217. The molecule has 4 rings (SSSR count). The Hall–Kier alpha value is -2.91. The molecule has 0 spiro atoms. The molecule has 198 valence electrons. The fraction of sp³-hybridized carbons (Fsp3) is 0.536. The molecular weight excluding hydrogens is 473 g/mol. The van der Waals surface area contributed by atoms with E-state index in [1.54, 1.807) is 12.1 Å². The summed E-state index contributed by atoms with van der Waals surface area (Å²) in [5.74, 6) is -2.50. The first kappa shape index (κ1) is 27.1. The molecule has 1 aliphatic carbocycles. The lowest BCUT2D eigenvalue weighted by Gasteiger charge is -2.43. The largest absolute Gasteiger partial charge is 0.508 e. The van der Waals surface area contributed by atoms with E-state index >= 15 is 0 Å². The van der Waals surface area contributed by atoms with Gasteiger partial charge >= 0.3 is 13.2 Å². The molecule has 1 aromatic rings. The zero-order valence-corrected chi connectivity index (χ0v) is 21.8. The fourth-order valence-corrected chi connectivity index (χ4v) is 6.33. The quantitative estimate of drug-likeness (QED) is 0.296. The van der Waals surface area contributed by atoms with Crippen LogP contribution >= 0.6 is 0 Å². The van der Waals surface area contributed by atoms with E-state index in [1.165, 1.54) is 5.57 Å². The molecule has 0 unspecified atom stereocenters. The molecule has 4 atom stereocenters. The second kappa shape index (κ2) is 11.6. The van der Waals surface area contributed by atoms with Gasteiger partial charge in [-0.15, -0.1) is 0 Å². The summed E-state index contributed by atoms with van der Waals surface area (Å²) in [6, 6.07) is 7.13. The minimum Gasteiger partial charge on any atom is -0.508 e. The number of amides is 3. The van der Waals surface area contributed by atoms with Gasteiger partial charge in [0.05, 0.1) is 25.0 Å². The van der Waals surface area contributed by atoms with Crippen LogP contribution in [0, 0.1) is 17.8 Å². The maximum atomic E-state index is 13.3. The second-order valence-corrected chi connectivity index (χ2v) is 10.2. The number of imide groups is 3. The Bertz CT molecular complexity index is 1110. The predicted octanol–water partition coefficient (Wildman–Crippen LogP) is 4.72. The van der Waals surface area contributed by atoms with Crippen molar-refractivity contribution in [2.75, 3.05) is 7.11 Å². The van der Waals surface area contributed by atoms with Gasteiger partial charge in [-0.25, -0.2) is 4.79 Å². The number of allylic oxidation sites excluding steroid dienone is 2. The summed E-state index contributed by atoms with van der Waals surface area (Å²) < 4.78 is 10.8. The van der Waals surface area contributed by atoms with Gasteiger partial charge in [-0.05, 0) is 67.6 Å². The van der Waals surface area contributed by atoms with E-state index in [0.29, 0.717) is 17.7 Å². The first-order valence-corrected chi connectivity index (χ1v) is 13.3. The third-order valence-electron chi connectivity index (χ3n) is 7.76. The molecule has 0 saturated carbocycles. The first-order chi connectivity index (χ1) is 17.8. The average molecular weight is 509 g/mol. The van der Waals surface area contributed by atoms with Gasteiger partial charge in [0.1, 0.15) is 5.75 Å². The number of phenolic OH excluding ortho intramolecular Hbond substituents is 1. The summed E-state index contributed by atoms with van der Waals surface area (Å²) in [5, 5.41) is 20.5. The Morgan fingerprint density at radius 3 is 2.65 bits per heavy atom. The summed E-state index contributed by atoms with van der Waals surface area (Å²) in [7, 11) is 0.101. The first-order valence-electron chi connectivity index (χ1n) is 13.3. The summed E-state index contributed by atoms with van der Waals surface area (Å²) in [6.45, 7) is 4.19. The molecular formula is C28H36BNO7. The number of benzene rings is 1. The van der Waals surface area contributed by atoms with Gasteiger partial charge in [0.25, 0.3) is 0 Å². The van der Waals surface area contributed by atoms with Gasteiger partial charge in [-0.3, -0.25) is 9.59 Å². The number of nitrogens with zero attached hydrogens (tertiary/aromatic N) is 1. The number of methoxy groups -OCH3 is 1.